The van der Waals surface area contributed by atoms with E-state index in [-0.39, 0.29) is 11.9 Å². The summed E-state index contributed by atoms with van der Waals surface area (Å²) in [4.78, 5) is 21.1. The number of carbonyl (C=O) groups excluding carboxylic acids is 1. The molecule has 19 heavy (non-hydrogen) atoms. The Morgan fingerprint density at radius 2 is 2.32 bits per heavy atom. The van der Waals surface area contributed by atoms with Crippen LogP contribution in [0.1, 0.15) is 36.7 Å². The Morgan fingerprint density at radius 1 is 1.47 bits per heavy atom. The van der Waals surface area contributed by atoms with Crippen LogP contribution >= 0.6 is 11.3 Å². The fourth-order valence-corrected chi connectivity index (χ4v) is 3.71. The Kier molecular flexibility index (Phi) is 3.45. The molecule has 0 aromatic carbocycles. The number of nitrogens with zero attached hydrogens (tertiary/aromatic N) is 3. The highest BCUT2D eigenvalue weighted by molar-refractivity contribution is 7.13. The molecule has 3 heterocycles. The number of carbonyl (C=O) groups is 1. The number of thiazole rings is 1. The second-order valence-corrected chi connectivity index (χ2v) is 6.41. The number of piperidine rings is 1. The molecule has 2 N–H and O–H groups in total. The van der Waals surface area contributed by atoms with Gasteiger partial charge in [0.05, 0.1) is 0 Å². The lowest BCUT2D eigenvalue weighted by atomic mass is 9.97. The molecule has 6 heteroatoms. The lowest BCUT2D eigenvalue weighted by Gasteiger charge is -2.47. The molecule has 1 amide bonds. The van der Waals surface area contributed by atoms with Crippen molar-refractivity contribution in [1.29, 1.82) is 0 Å². The maximum atomic E-state index is 12.5. The number of amides is 1. The number of piperazine rings is 1. The Bertz CT molecular complexity index is 475. The number of anilines is 1. The van der Waals surface area contributed by atoms with Gasteiger partial charge in [-0.15, -0.1) is 11.3 Å². The van der Waals surface area contributed by atoms with Crippen LogP contribution in [0.5, 0.6) is 0 Å². The van der Waals surface area contributed by atoms with Gasteiger partial charge in [0, 0.05) is 30.6 Å². The van der Waals surface area contributed by atoms with Crippen LogP contribution in [-0.4, -0.2) is 52.4 Å². The van der Waals surface area contributed by atoms with Gasteiger partial charge in [0.2, 0.25) is 0 Å². The monoisotopic (exact) mass is 280 g/mol. The summed E-state index contributed by atoms with van der Waals surface area (Å²) in [6.07, 6.45) is 3.77. The lowest BCUT2D eigenvalue weighted by Crippen LogP contribution is -2.60. The first-order valence-corrected chi connectivity index (χ1v) is 7.79. The van der Waals surface area contributed by atoms with E-state index in [1.807, 2.05) is 4.90 Å². The van der Waals surface area contributed by atoms with E-state index in [1.165, 1.54) is 37.1 Å². The zero-order valence-electron chi connectivity index (χ0n) is 11.2. The summed E-state index contributed by atoms with van der Waals surface area (Å²) in [6, 6.07) is 0.787. The van der Waals surface area contributed by atoms with Crippen LogP contribution in [0.25, 0.3) is 0 Å². The van der Waals surface area contributed by atoms with E-state index in [1.54, 1.807) is 5.38 Å². The Balaban J connectivity index is 1.75. The van der Waals surface area contributed by atoms with Crippen LogP contribution in [0.4, 0.5) is 5.13 Å². The van der Waals surface area contributed by atoms with E-state index in [4.69, 9.17) is 5.73 Å². The van der Waals surface area contributed by atoms with Gasteiger partial charge in [-0.1, -0.05) is 6.42 Å². The van der Waals surface area contributed by atoms with Crippen LogP contribution in [-0.2, 0) is 0 Å². The predicted molar refractivity (Wildman–Crippen MR) is 76.2 cm³/mol. The number of hydrogen-bond donors (Lipinski definition) is 1. The number of aromatic nitrogens is 1. The van der Waals surface area contributed by atoms with Gasteiger partial charge in [-0.2, -0.15) is 0 Å². The average molecular weight is 280 g/mol. The third kappa shape index (κ3) is 2.47. The maximum Gasteiger partial charge on any atom is 0.273 e. The summed E-state index contributed by atoms with van der Waals surface area (Å²) in [6.45, 7) is 5.12. The second kappa shape index (κ2) is 5.09. The minimum absolute atomic E-state index is 0.0330. The number of nitrogens with two attached hydrogens (primary N) is 1. The topological polar surface area (TPSA) is 62.5 Å². The molecule has 0 bridgehead atoms. The van der Waals surface area contributed by atoms with Crippen molar-refractivity contribution in [2.24, 2.45) is 0 Å². The van der Waals surface area contributed by atoms with Gasteiger partial charge in [0.15, 0.2) is 5.13 Å². The van der Waals surface area contributed by atoms with Crippen molar-refractivity contribution < 1.29 is 4.79 Å². The van der Waals surface area contributed by atoms with Crippen molar-refractivity contribution in [3.05, 3.63) is 11.1 Å². The molecule has 0 saturated carbocycles. The number of nitrogen functional groups attached to an aromatic ring is 1. The number of hydrogen-bond acceptors (Lipinski definition) is 5. The molecule has 2 fully saturated rings. The molecule has 3 rings (SSSR count). The van der Waals surface area contributed by atoms with E-state index in [9.17, 15) is 4.79 Å². The quantitative estimate of drug-likeness (QED) is 0.845. The smallest absolute Gasteiger partial charge is 0.273 e. The van der Waals surface area contributed by atoms with Crippen molar-refractivity contribution in [3.8, 4) is 0 Å². The Hall–Kier alpha value is -1.14. The fourth-order valence-electron chi connectivity index (χ4n) is 3.17. The molecule has 2 aliphatic rings. The van der Waals surface area contributed by atoms with E-state index in [2.05, 4.69) is 16.8 Å². The molecular formula is C13H20N4OS. The van der Waals surface area contributed by atoms with Gasteiger partial charge in [-0.25, -0.2) is 4.98 Å². The highest BCUT2D eigenvalue weighted by Crippen LogP contribution is 2.25. The van der Waals surface area contributed by atoms with Crippen molar-refractivity contribution in [2.75, 3.05) is 25.4 Å². The van der Waals surface area contributed by atoms with Crippen LogP contribution in [0.2, 0.25) is 0 Å². The Morgan fingerprint density at radius 3 is 3.05 bits per heavy atom. The number of fused-ring (bicyclic) bond motifs is 1. The molecule has 2 saturated heterocycles. The van der Waals surface area contributed by atoms with E-state index in [0.717, 1.165) is 13.1 Å². The molecule has 2 aliphatic heterocycles. The molecular weight excluding hydrogens is 260 g/mol. The normalized spacial score (nSPS) is 28.2. The third-order valence-corrected chi connectivity index (χ3v) is 4.86. The summed E-state index contributed by atoms with van der Waals surface area (Å²) in [5.74, 6) is 0.0330. The largest absolute Gasteiger partial charge is 0.375 e. The molecule has 0 spiro atoms. The highest BCUT2D eigenvalue weighted by Gasteiger charge is 2.35. The second-order valence-electron chi connectivity index (χ2n) is 5.52. The zero-order valence-corrected chi connectivity index (χ0v) is 12.0. The summed E-state index contributed by atoms with van der Waals surface area (Å²) >= 11 is 1.33. The maximum absolute atomic E-state index is 12.5. The van der Waals surface area contributed by atoms with Crippen LogP contribution in [0.15, 0.2) is 5.38 Å². The molecule has 0 aliphatic carbocycles. The summed E-state index contributed by atoms with van der Waals surface area (Å²) < 4.78 is 0. The first kappa shape index (κ1) is 12.9. The van der Waals surface area contributed by atoms with Gasteiger partial charge in [-0.3, -0.25) is 9.69 Å². The van der Waals surface area contributed by atoms with E-state index < -0.39 is 0 Å². The predicted octanol–water partition coefficient (Wildman–Crippen LogP) is 1.42. The molecule has 2 unspecified atom stereocenters. The minimum Gasteiger partial charge on any atom is -0.375 e. The summed E-state index contributed by atoms with van der Waals surface area (Å²) in [5.41, 5.74) is 6.11. The van der Waals surface area contributed by atoms with Crippen molar-refractivity contribution >= 4 is 22.4 Å². The van der Waals surface area contributed by atoms with Crippen LogP contribution < -0.4 is 5.73 Å². The minimum atomic E-state index is 0.0330. The van der Waals surface area contributed by atoms with Gasteiger partial charge in [0.1, 0.15) is 5.69 Å². The van der Waals surface area contributed by atoms with Gasteiger partial charge < -0.3 is 10.6 Å². The summed E-state index contributed by atoms with van der Waals surface area (Å²) in [5, 5.41) is 2.23. The average Bonchev–Trinajstić information content (AvgIpc) is 2.84. The van der Waals surface area contributed by atoms with Gasteiger partial charge in [0.25, 0.3) is 5.91 Å². The van der Waals surface area contributed by atoms with Crippen molar-refractivity contribution in [1.82, 2.24) is 14.8 Å². The van der Waals surface area contributed by atoms with Crippen molar-refractivity contribution in [3.63, 3.8) is 0 Å². The molecule has 104 valence electrons. The van der Waals surface area contributed by atoms with Gasteiger partial charge >= 0.3 is 0 Å². The fraction of sp³-hybridized carbons (Fsp3) is 0.692. The third-order valence-electron chi connectivity index (χ3n) is 4.19. The van der Waals surface area contributed by atoms with Crippen molar-refractivity contribution in [2.45, 2.75) is 38.3 Å². The van der Waals surface area contributed by atoms with E-state index >= 15 is 0 Å². The summed E-state index contributed by atoms with van der Waals surface area (Å²) in [7, 11) is 0. The molecule has 5 nitrogen and oxygen atoms in total. The standard InChI is InChI=1S/C13H20N4OS/c1-9-6-16-5-3-2-4-10(16)7-17(9)12(18)11-8-19-13(14)15-11/h8-10H,2-7H2,1H3,(H2,14,15). The highest BCUT2D eigenvalue weighted by atomic mass is 32.1. The molecule has 1 aromatic rings. The first-order chi connectivity index (χ1) is 9.15. The van der Waals surface area contributed by atoms with Crippen LogP contribution in [0.3, 0.4) is 0 Å². The van der Waals surface area contributed by atoms with E-state index in [0.29, 0.717) is 16.9 Å². The Labute approximate surface area is 117 Å². The van der Waals surface area contributed by atoms with Crippen LogP contribution in [0, 0.1) is 0 Å². The molecule has 2 atom stereocenters. The SMILES string of the molecule is CC1CN2CCCCC2CN1C(=O)c1csc(N)n1. The number of rotatable bonds is 1. The molecule has 1 aromatic heterocycles. The first-order valence-electron chi connectivity index (χ1n) is 6.91. The molecule has 0 radical (unpaired) electrons. The van der Waals surface area contributed by atoms with Gasteiger partial charge in [-0.05, 0) is 26.3 Å². The zero-order chi connectivity index (χ0) is 13.4. The lowest BCUT2D eigenvalue weighted by molar-refractivity contribution is 0.0148.